The second-order valence-electron chi connectivity index (χ2n) is 5.89. The van der Waals surface area contributed by atoms with Crippen LogP contribution in [0.25, 0.3) is 10.6 Å². The van der Waals surface area contributed by atoms with Gasteiger partial charge in [0.2, 0.25) is 0 Å². The van der Waals surface area contributed by atoms with Crippen molar-refractivity contribution in [1.82, 2.24) is 10.3 Å². The molecular formula is C20H17F3N2O3S. The number of carbonyl (C=O) groups excluding carboxylic acids is 1. The summed E-state index contributed by atoms with van der Waals surface area (Å²) in [6, 6.07) is 10.9. The third-order valence-electron chi connectivity index (χ3n) is 3.98. The van der Waals surface area contributed by atoms with Crippen molar-refractivity contribution in [2.75, 3.05) is 13.7 Å². The van der Waals surface area contributed by atoms with E-state index in [9.17, 15) is 18.0 Å². The van der Waals surface area contributed by atoms with Crippen molar-refractivity contribution in [3.63, 3.8) is 0 Å². The number of aromatic nitrogens is 1. The van der Waals surface area contributed by atoms with Crippen LogP contribution in [0.3, 0.4) is 0 Å². The number of thiazole rings is 1. The van der Waals surface area contributed by atoms with Gasteiger partial charge in [-0.1, -0.05) is 18.2 Å². The van der Waals surface area contributed by atoms with Crippen LogP contribution in [0.5, 0.6) is 11.5 Å². The normalized spacial score (nSPS) is 10.8. The molecule has 0 saturated carbocycles. The molecule has 1 amide bonds. The number of nitrogens with one attached hydrogen (secondary N) is 1. The molecule has 0 aliphatic heterocycles. The van der Waals surface area contributed by atoms with E-state index >= 15 is 0 Å². The minimum atomic E-state index is -2.97. The number of hydrogen-bond donors (Lipinski definition) is 1. The van der Waals surface area contributed by atoms with E-state index < -0.39 is 18.3 Å². The molecule has 0 aliphatic carbocycles. The summed E-state index contributed by atoms with van der Waals surface area (Å²) >= 11 is 1.17. The molecule has 3 aromatic rings. The summed E-state index contributed by atoms with van der Waals surface area (Å²) in [7, 11) is 1.36. The van der Waals surface area contributed by atoms with Crippen LogP contribution in [0.4, 0.5) is 13.2 Å². The average Bonchev–Trinajstić information content (AvgIpc) is 3.18. The second-order valence-corrected chi connectivity index (χ2v) is 6.75. The molecule has 0 fully saturated rings. The molecule has 0 radical (unpaired) electrons. The van der Waals surface area contributed by atoms with Gasteiger partial charge in [0.1, 0.15) is 16.5 Å². The molecule has 0 aliphatic rings. The molecule has 0 atom stereocenters. The van der Waals surface area contributed by atoms with E-state index in [1.54, 1.807) is 29.6 Å². The smallest absolute Gasteiger partial charge is 0.387 e. The first kappa shape index (κ1) is 20.7. The van der Waals surface area contributed by atoms with Crippen LogP contribution in [-0.4, -0.2) is 31.2 Å². The summed E-state index contributed by atoms with van der Waals surface area (Å²) in [5.41, 5.74) is 1.21. The Morgan fingerprint density at radius 3 is 2.72 bits per heavy atom. The Hall–Kier alpha value is -3.07. The van der Waals surface area contributed by atoms with E-state index in [-0.39, 0.29) is 23.7 Å². The molecule has 29 heavy (non-hydrogen) atoms. The number of nitrogens with zero attached hydrogens (tertiary/aromatic N) is 1. The number of rotatable bonds is 8. The Bertz CT molecular complexity index is 995. The van der Waals surface area contributed by atoms with Gasteiger partial charge in [-0.25, -0.2) is 9.37 Å². The number of alkyl halides is 2. The number of methoxy groups -OCH3 is 1. The molecule has 0 spiro atoms. The van der Waals surface area contributed by atoms with Gasteiger partial charge < -0.3 is 14.8 Å². The number of halogens is 3. The average molecular weight is 422 g/mol. The van der Waals surface area contributed by atoms with Gasteiger partial charge in [-0.2, -0.15) is 8.78 Å². The molecule has 0 bridgehead atoms. The molecule has 5 nitrogen and oxygen atoms in total. The SMILES string of the molecule is COc1ccc(CCNC(=O)c2csc(-c3ccccc3F)n2)cc1OC(F)F. The molecule has 0 unspecified atom stereocenters. The van der Waals surface area contributed by atoms with Gasteiger partial charge in [0.15, 0.2) is 11.5 Å². The molecule has 1 N–H and O–H groups in total. The van der Waals surface area contributed by atoms with E-state index in [1.807, 2.05) is 0 Å². The molecular weight excluding hydrogens is 405 g/mol. The third kappa shape index (κ3) is 5.26. The highest BCUT2D eigenvalue weighted by Gasteiger charge is 2.14. The lowest BCUT2D eigenvalue weighted by atomic mass is 10.1. The number of ether oxygens (including phenoxy) is 2. The summed E-state index contributed by atoms with van der Waals surface area (Å²) in [6.07, 6.45) is 0.389. The third-order valence-corrected chi connectivity index (χ3v) is 4.86. The van der Waals surface area contributed by atoms with E-state index in [4.69, 9.17) is 4.74 Å². The van der Waals surface area contributed by atoms with Crippen LogP contribution >= 0.6 is 11.3 Å². The Morgan fingerprint density at radius 2 is 2.00 bits per heavy atom. The van der Waals surface area contributed by atoms with Crippen molar-refractivity contribution < 1.29 is 27.4 Å². The topological polar surface area (TPSA) is 60.5 Å². The van der Waals surface area contributed by atoms with Crippen LogP contribution < -0.4 is 14.8 Å². The van der Waals surface area contributed by atoms with Gasteiger partial charge in [-0.3, -0.25) is 4.79 Å². The lowest BCUT2D eigenvalue weighted by Gasteiger charge is -2.11. The monoisotopic (exact) mass is 422 g/mol. The zero-order valence-electron chi connectivity index (χ0n) is 15.3. The first-order chi connectivity index (χ1) is 14.0. The van der Waals surface area contributed by atoms with Crippen molar-refractivity contribution in [1.29, 1.82) is 0 Å². The zero-order valence-corrected chi connectivity index (χ0v) is 16.1. The molecule has 3 rings (SSSR count). The Kier molecular flexibility index (Phi) is 6.71. The summed E-state index contributed by atoms with van der Waals surface area (Å²) in [6.45, 7) is -2.71. The van der Waals surface area contributed by atoms with Gasteiger partial charge in [0.25, 0.3) is 5.91 Å². The summed E-state index contributed by atoms with van der Waals surface area (Å²) in [5, 5.41) is 4.68. The maximum Gasteiger partial charge on any atom is 0.387 e. The highest BCUT2D eigenvalue weighted by molar-refractivity contribution is 7.13. The van der Waals surface area contributed by atoms with E-state index in [2.05, 4.69) is 15.0 Å². The fourth-order valence-corrected chi connectivity index (χ4v) is 3.44. The molecule has 9 heteroatoms. The van der Waals surface area contributed by atoms with Crippen LogP contribution in [0, 0.1) is 5.82 Å². The maximum atomic E-state index is 13.8. The molecule has 1 heterocycles. The molecule has 152 valence electrons. The highest BCUT2D eigenvalue weighted by Crippen LogP contribution is 2.29. The van der Waals surface area contributed by atoms with Crippen LogP contribution in [0.1, 0.15) is 16.1 Å². The predicted molar refractivity (Wildman–Crippen MR) is 103 cm³/mol. The van der Waals surface area contributed by atoms with E-state index in [0.29, 0.717) is 22.6 Å². The van der Waals surface area contributed by atoms with Gasteiger partial charge in [0, 0.05) is 17.5 Å². The lowest BCUT2D eigenvalue weighted by molar-refractivity contribution is -0.0512. The second kappa shape index (κ2) is 9.42. The summed E-state index contributed by atoms with van der Waals surface area (Å²) in [4.78, 5) is 16.5. The van der Waals surface area contributed by atoms with Crippen molar-refractivity contribution in [2.45, 2.75) is 13.0 Å². The van der Waals surface area contributed by atoms with Crippen LogP contribution in [0.2, 0.25) is 0 Å². The number of carbonyl (C=O) groups is 1. The number of benzene rings is 2. The van der Waals surface area contributed by atoms with Crippen molar-refractivity contribution in [2.24, 2.45) is 0 Å². The largest absolute Gasteiger partial charge is 0.493 e. The number of amides is 1. The fraction of sp³-hybridized carbons (Fsp3) is 0.200. The Morgan fingerprint density at radius 1 is 1.21 bits per heavy atom. The first-order valence-electron chi connectivity index (χ1n) is 8.58. The van der Waals surface area contributed by atoms with E-state index in [1.165, 1.54) is 36.6 Å². The standard InChI is InChI=1S/C20H17F3N2O3S/c1-27-16-7-6-12(10-17(16)28-20(22)23)8-9-24-18(26)15-11-29-19(25-15)13-4-2-3-5-14(13)21/h2-7,10-11,20H,8-9H2,1H3,(H,24,26). The quantitative estimate of drug-likeness (QED) is 0.579. The predicted octanol–water partition coefficient (Wildman–Crippen LogP) is 4.53. The highest BCUT2D eigenvalue weighted by atomic mass is 32.1. The summed E-state index contributed by atoms with van der Waals surface area (Å²) in [5.74, 6) is -0.682. The molecule has 0 saturated heterocycles. The Labute approximate surface area is 169 Å². The van der Waals surface area contributed by atoms with Crippen molar-refractivity contribution in [3.05, 3.63) is 64.9 Å². The zero-order chi connectivity index (χ0) is 20.8. The van der Waals surface area contributed by atoms with Crippen LogP contribution in [0.15, 0.2) is 47.8 Å². The maximum absolute atomic E-state index is 13.8. The van der Waals surface area contributed by atoms with Gasteiger partial charge in [-0.15, -0.1) is 11.3 Å². The fourth-order valence-electron chi connectivity index (χ4n) is 2.61. The molecule has 1 aromatic heterocycles. The lowest BCUT2D eigenvalue weighted by Crippen LogP contribution is -2.26. The minimum absolute atomic E-state index is 0.0691. The van der Waals surface area contributed by atoms with E-state index in [0.717, 1.165) is 0 Å². The number of hydrogen-bond acceptors (Lipinski definition) is 5. The van der Waals surface area contributed by atoms with Crippen LogP contribution in [-0.2, 0) is 6.42 Å². The van der Waals surface area contributed by atoms with Gasteiger partial charge in [-0.05, 0) is 36.2 Å². The van der Waals surface area contributed by atoms with Crippen molar-refractivity contribution in [3.8, 4) is 22.1 Å². The van der Waals surface area contributed by atoms with Gasteiger partial charge in [0.05, 0.1) is 7.11 Å². The van der Waals surface area contributed by atoms with Gasteiger partial charge >= 0.3 is 6.61 Å². The first-order valence-corrected chi connectivity index (χ1v) is 9.46. The molecule has 2 aromatic carbocycles. The summed E-state index contributed by atoms with van der Waals surface area (Å²) < 4.78 is 48.3. The minimum Gasteiger partial charge on any atom is -0.493 e. The van der Waals surface area contributed by atoms with Crippen molar-refractivity contribution >= 4 is 17.2 Å². The Balaban J connectivity index is 1.60.